The monoisotopic (exact) mass is 520 g/mol. The largest absolute Gasteiger partial charge is 0.378 e. The summed E-state index contributed by atoms with van der Waals surface area (Å²) in [6.45, 7) is 2.67. The first-order valence-electron chi connectivity index (χ1n) is 12.9. The van der Waals surface area contributed by atoms with Gasteiger partial charge in [0.25, 0.3) is 0 Å². The summed E-state index contributed by atoms with van der Waals surface area (Å²) in [7, 11) is 4.05. The van der Waals surface area contributed by atoms with Crippen LogP contribution in [0.2, 0.25) is 0 Å². The van der Waals surface area contributed by atoms with E-state index in [1.807, 2.05) is 91.8 Å². The molecule has 5 rings (SSSR count). The van der Waals surface area contributed by atoms with Crippen LogP contribution in [0, 0.1) is 0 Å². The minimum absolute atomic E-state index is 0.360. The molecule has 9 nitrogen and oxygen atoms in total. The molecule has 9 heteroatoms. The number of nitrogens with one attached hydrogen (secondary N) is 1. The SMILES string of the molecule is CN(C)c1ccc(C=CC=NNc2nc(N3CCOCC3)nc(N(c3ccccc3)c3ccccc3)n2)cc1. The maximum atomic E-state index is 5.54. The summed E-state index contributed by atoms with van der Waals surface area (Å²) in [4.78, 5) is 20.5. The average Bonchev–Trinajstić information content (AvgIpc) is 2.99. The highest BCUT2D eigenvalue weighted by atomic mass is 16.5. The molecule has 0 atom stereocenters. The molecule has 4 aromatic rings. The molecule has 1 fully saturated rings. The van der Waals surface area contributed by atoms with Gasteiger partial charge in [0, 0.05) is 50.5 Å². The molecule has 1 aliphatic rings. The molecule has 2 heterocycles. The van der Waals surface area contributed by atoms with Gasteiger partial charge in [-0.25, -0.2) is 5.43 Å². The van der Waals surface area contributed by atoms with Gasteiger partial charge in [-0.05, 0) is 48.0 Å². The van der Waals surface area contributed by atoms with Crippen LogP contribution in [0.3, 0.4) is 0 Å². The minimum Gasteiger partial charge on any atom is -0.378 e. The zero-order chi connectivity index (χ0) is 26.9. The van der Waals surface area contributed by atoms with Gasteiger partial charge in [-0.15, -0.1) is 0 Å². The predicted molar refractivity (Wildman–Crippen MR) is 159 cm³/mol. The van der Waals surface area contributed by atoms with Gasteiger partial charge in [-0.3, -0.25) is 4.90 Å². The third-order valence-corrected chi connectivity index (χ3v) is 6.16. The lowest BCUT2D eigenvalue weighted by Crippen LogP contribution is -2.37. The smallest absolute Gasteiger partial charge is 0.250 e. The molecule has 0 radical (unpaired) electrons. The summed E-state index contributed by atoms with van der Waals surface area (Å²) in [6.07, 6.45) is 5.56. The molecular weight excluding hydrogens is 488 g/mol. The van der Waals surface area contributed by atoms with Crippen LogP contribution in [0.1, 0.15) is 5.56 Å². The molecule has 0 unspecified atom stereocenters. The Hall–Kier alpha value is -4.76. The van der Waals surface area contributed by atoms with Gasteiger partial charge < -0.3 is 14.5 Å². The fourth-order valence-electron chi connectivity index (χ4n) is 4.12. The molecule has 1 saturated heterocycles. The Kier molecular flexibility index (Phi) is 8.40. The van der Waals surface area contributed by atoms with Crippen molar-refractivity contribution >= 4 is 47.2 Å². The van der Waals surface area contributed by atoms with E-state index in [1.165, 1.54) is 0 Å². The molecule has 1 N–H and O–H groups in total. The Bertz CT molecular complexity index is 1350. The Morgan fingerprint density at radius 3 is 2.05 bits per heavy atom. The minimum atomic E-state index is 0.360. The topological polar surface area (TPSA) is 82.0 Å². The summed E-state index contributed by atoms with van der Waals surface area (Å²) < 4.78 is 5.54. The lowest BCUT2D eigenvalue weighted by atomic mass is 10.2. The summed E-state index contributed by atoms with van der Waals surface area (Å²) in [6, 6.07) is 28.4. The molecule has 0 saturated carbocycles. The van der Waals surface area contributed by atoms with Crippen molar-refractivity contribution in [1.82, 2.24) is 15.0 Å². The van der Waals surface area contributed by atoms with E-state index in [0.29, 0.717) is 44.1 Å². The van der Waals surface area contributed by atoms with Gasteiger partial charge in [0.15, 0.2) is 0 Å². The number of aromatic nitrogens is 3. The van der Waals surface area contributed by atoms with Crippen molar-refractivity contribution < 1.29 is 4.74 Å². The number of nitrogens with zero attached hydrogens (tertiary/aromatic N) is 7. The van der Waals surface area contributed by atoms with Gasteiger partial charge in [-0.1, -0.05) is 54.6 Å². The molecule has 1 aromatic heterocycles. The number of hydrogen-bond acceptors (Lipinski definition) is 9. The van der Waals surface area contributed by atoms with E-state index in [2.05, 4.69) is 49.6 Å². The average molecular weight is 521 g/mol. The highest BCUT2D eigenvalue weighted by Gasteiger charge is 2.21. The number of allylic oxidation sites excluding steroid dienone is 1. The molecule has 0 bridgehead atoms. The first-order valence-corrected chi connectivity index (χ1v) is 12.9. The second-order valence-electron chi connectivity index (χ2n) is 9.10. The van der Waals surface area contributed by atoms with Crippen molar-refractivity contribution in [2.75, 3.05) is 60.5 Å². The van der Waals surface area contributed by atoms with E-state index in [1.54, 1.807) is 6.21 Å². The molecular formula is C30H32N8O. The number of rotatable bonds is 9. The molecule has 0 spiro atoms. The van der Waals surface area contributed by atoms with Gasteiger partial charge in [0.2, 0.25) is 17.8 Å². The van der Waals surface area contributed by atoms with Crippen molar-refractivity contribution in [2.24, 2.45) is 5.10 Å². The Balaban J connectivity index is 1.42. The van der Waals surface area contributed by atoms with Crippen molar-refractivity contribution in [3.8, 4) is 0 Å². The van der Waals surface area contributed by atoms with Crippen LogP contribution in [-0.4, -0.2) is 61.6 Å². The number of hydrazone groups is 1. The highest BCUT2D eigenvalue weighted by Crippen LogP contribution is 2.33. The fraction of sp³-hybridized carbons (Fsp3) is 0.200. The normalized spacial score (nSPS) is 13.6. The first-order chi connectivity index (χ1) is 19.2. The standard InChI is InChI=1S/C30H32N8O/c1-36(2)25-17-15-24(16-18-25)10-9-19-31-35-28-32-29(37-20-22-39-23-21-37)34-30(33-28)38(26-11-5-3-6-12-26)27-13-7-4-8-14-27/h3-19H,20-23H2,1-2H3,(H,32,33,34,35). The van der Waals surface area contributed by atoms with Crippen LogP contribution in [0.4, 0.5) is 34.9 Å². The first kappa shape index (κ1) is 25.9. The van der Waals surface area contributed by atoms with E-state index in [4.69, 9.17) is 14.7 Å². The van der Waals surface area contributed by atoms with E-state index < -0.39 is 0 Å². The lowest BCUT2D eigenvalue weighted by molar-refractivity contribution is 0.122. The van der Waals surface area contributed by atoms with Crippen molar-refractivity contribution in [3.05, 3.63) is 96.6 Å². The van der Waals surface area contributed by atoms with Crippen LogP contribution in [0.15, 0.2) is 96.1 Å². The van der Waals surface area contributed by atoms with Gasteiger partial charge in [0.1, 0.15) is 0 Å². The summed E-state index contributed by atoms with van der Waals surface area (Å²) in [5.41, 5.74) is 7.13. The molecule has 0 aliphatic carbocycles. The zero-order valence-corrected chi connectivity index (χ0v) is 22.2. The number of anilines is 6. The van der Waals surface area contributed by atoms with Crippen molar-refractivity contribution in [1.29, 1.82) is 0 Å². The van der Waals surface area contributed by atoms with Crippen LogP contribution < -0.4 is 20.1 Å². The molecule has 3 aromatic carbocycles. The summed E-state index contributed by atoms with van der Waals surface area (Å²) in [5.74, 6) is 1.44. The van der Waals surface area contributed by atoms with E-state index in [-0.39, 0.29) is 0 Å². The second-order valence-corrected chi connectivity index (χ2v) is 9.10. The van der Waals surface area contributed by atoms with Gasteiger partial charge in [0.05, 0.1) is 13.2 Å². The van der Waals surface area contributed by atoms with E-state index in [9.17, 15) is 0 Å². The van der Waals surface area contributed by atoms with Gasteiger partial charge in [-0.2, -0.15) is 20.1 Å². The van der Waals surface area contributed by atoms with Crippen LogP contribution in [-0.2, 0) is 4.74 Å². The van der Waals surface area contributed by atoms with Crippen molar-refractivity contribution in [3.63, 3.8) is 0 Å². The quantitative estimate of drug-likeness (QED) is 0.234. The fourth-order valence-corrected chi connectivity index (χ4v) is 4.12. The number of ether oxygens (including phenoxy) is 1. The zero-order valence-electron chi connectivity index (χ0n) is 22.2. The van der Waals surface area contributed by atoms with E-state index in [0.717, 1.165) is 22.6 Å². The predicted octanol–water partition coefficient (Wildman–Crippen LogP) is 5.36. The second kappa shape index (κ2) is 12.7. The Labute approximate surface area is 229 Å². The molecule has 1 aliphatic heterocycles. The molecule has 198 valence electrons. The van der Waals surface area contributed by atoms with Crippen molar-refractivity contribution in [2.45, 2.75) is 0 Å². The maximum absolute atomic E-state index is 5.54. The number of para-hydroxylation sites is 2. The molecule has 0 amide bonds. The number of hydrogen-bond donors (Lipinski definition) is 1. The van der Waals surface area contributed by atoms with Crippen LogP contribution >= 0.6 is 0 Å². The summed E-state index contributed by atoms with van der Waals surface area (Å²) in [5, 5.41) is 4.35. The number of morpholine rings is 1. The Morgan fingerprint density at radius 1 is 0.795 bits per heavy atom. The highest BCUT2D eigenvalue weighted by molar-refractivity contribution is 5.79. The van der Waals surface area contributed by atoms with Crippen LogP contribution in [0.5, 0.6) is 0 Å². The Morgan fingerprint density at radius 2 is 1.44 bits per heavy atom. The summed E-state index contributed by atoms with van der Waals surface area (Å²) >= 11 is 0. The number of benzene rings is 3. The lowest BCUT2D eigenvalue weighted by Gasteiger charge is -2.28. The third-order valence-electron chi connectivity index (χ3n) is 6.16. The molecule has 39 heavy (non-hydrogen) atoms. The maximum Gasteiger partial charge on any atom is 0.250 e. The van der Waals surface area contributed by atoms with E-state index >= 15 is 0 Å². The van der Waals surface area contributed by atoms with Crippen LogP contribution in [0.25, 0.3) is 6.08 Å². The third kappa shape index (κ3) is 6.77. The van der Waals surface area contributed by atoms with Gasteiger partial charge >= 0.3 is 0 Å².